The first-order valence-corrected chi connectivity index (χ1v) is 11.7. The van der Waals surface area contributed by atoms with Crippen LogP contribution < -0.4 is 19.1 Å². The molecule has 30 heavy (non-hydrogen) atoms. The third-order valence-electron chi connectivity index (χ3n) is 4.97. The van der Waals surface area contributed by atoms with Crippen LogP contribution in [0.4, 0.5) is 5.69 Å². The highest BCUT2D eigenvalue weighted by atomic mass is 32.2. The number of carbonyl (C=O) groups is 1. The van der Waals surface area contributed by atoms with Crippen LogP contribution in [0.1, 0.15) is 36.6 Å². The lowest BCUT2D eigenvalue weighted by Crippen LogP contribution is -2.48. The number of amides is 1. The highest BCUT2D eigenvalue weighted by Crippen LogP contribution is 2.32. The van der Waals surface area contributed by atoms with Crippen molar-refractivity contribution >= 4 is 21.6 Å². The molecule has 1 aliphatic heterocycles. The molecule has 1 heterocycles. The van der Waals surface area contributed by atoms with Gasteiger partial charge < -0.3 is 14.8 Å². The summed E-state index contributed by atoms with van der Waals surface area (Å²) in [5, 5.41) is 2.91. The Morgan fingerprint density at radius 3 is 2.20 bits per heavy atom. The first kappa shape index (κ1) is 22.0. The number of ether oxygens (including phenoxy) is 2. The third kappa shape index (κ3) is 4.87. The number of nitrogens with zero attached hydrogens (tertiary/aromatic N) is 1. The molecule has 0 fully saturated rings. The fourth-order valence-electron chi connectivity index (χ4n) is 3.63. The van der Waals surface area contributed by atoms with Gasteiger partial charge >= 0.3 is 0 Å². The average Bonchev–Trinajstić information content (AvgIpc) is 2.65. The van der Waals surface area contributed by atoms with E-state index in [1.807, 2.05) is 45.0 Å². The Morgan fingerprint density at radius 2 is 1.60 bits per heavy atom. The lowest BCUT2D eigenvalue weighted by Gasteiger charge is -2.30. The highest BCUT2D eigenvalue weighted by Gasteiger charge is 2.30. The molecule has 162 valence electrons. The van der Waals surface area contributed by atoms with E-state index in [0.29, 0.717) is 30.4 Å². The molecule has 1 N–H and O–H groups in total. The molecule has 0 saturated carbocycles. The van der Waals surface area contributed by atoms with Crippen LogP contribution in [-0.2, 0) is 14.8 Å². The van der Waals surface area contributed by atoms with Gasteiger partial charge in [-0.25, -0.2) is 8.42 Å². The highest BCUT2D eigenvalue weighted by molar-refractivity contribution is 7.92. The minimum atomic E-state index is -3.67. The smallest absolute Gasteiger partial charge is 0.244 e. The maximum Gasteiger partial charge on any atom is 0.244 e. The predicted octanol–water partition coefficient (Wildman–Crippen LogP) is 3.11. The van der Waals surface area contributed by atoms with Crippen molar-refractivity contribution in [3.05, 3.63) is 53.1 Å². The number of nitrogens with one attached hydrogen (secondary N) is 1. The van der Waals surface area contributed by atoms with Crippen LogP contribution in [0.25, 0.3) is 0 Å². The summed E-state index contributed by atoms with van der Waals surface area (Å²) in [6, 6.07) is 9.75. The summed E-state index contributed by atoms with van der Waals surface area (Å²) in [7, 11) is -3.67. The number of anilines is 1. The SMILES string of the molecule is Cc1cc(C)cc(N([C@@H](C)C(=O)N[C@H](C)c2ccc3c(c2)OCCO3)S(C)(=O)=O)c1. The molecule has 0 unspecified atom stereocenters. The topological polar surface area (TPSA) is 84.9 Å². The molecule has 0 bridgehead atoms. The fourth-order valence-corrected chi connectivity index (χ4v) is 4.79. The van der Waals surface area contributed by atoms with E-state index in [9.17, 15) is 13.2 Å². The van der Waals surface area contributed by atoms with Crippen LogP contribution >= 0.6 is 0 Å². The molecule has 0 spiro atoms. The number of hydrogen-bond acceptors (Lipinski definition) is 5. The lowest BCUT2D eigenvalue weighted by molar-refractivity contribution is -0.122. The van der Waals surface area contributed by atoms with E-state index < -0.39 is 16.1 Å². The first-order chi connectivity index (χ1) is 14.1. The van der Waals surface area contributed by atoms with Gasteiger partial charge in [0, 0.05) is 0 Å². The Labute approximate surface area is 178 Å². The molecule has 0 saturated heterocycles. The van der Waals surface area contributed by atoms with E-state index in [1.54, 1.807) is 19.1 Å². The Morgan fingerprint density at radius 1 is 1.00 bits per heavy atom. The second kappa shape index (κ2) is 8.55. The van der Waals surface area contributed by atoms with E-state index in [1.165, 1.54) is 4.31 Å². The molecule has 3 rings (SSSR count). The molecule has 2 atom stereocenters. The minimum absolute atomic E-state index is 0.337. The fraction of sp³-hybridized carbons (Fsp3) is 0.409. The van der Waals surface area contributed by atoms with E-state index in [-0.39, 0.29) is 11.9 Å². The van der Waals surface area contributed by atoms with E-state index in [4.69, 9.17) is 9.47 Å². The van der Waals surface area contributed by atoms with Gasteiger partial charge in [-0.05, 0) is 68.7 Å². The maximum absolute atomic E-state index is 13.0. The molecular formula is C22H28N2O5S. The average molecular weight is 433 g/mol. The quantitative estimate of drug-likeness (QED) is 0.758. The molecule has 7 nitrogen and oxygen atoms in total. The van der Waals surface area contributed by atoms with Crippen LogP contribution in [0.2, 0.25) is 0 Å². The third-order valence-corrected chi connectivity index (χ3v) is 6.22. The van der Waals surface area contributed by atoms with Crippen molar-refractivity contribution in [2.75, 3.05) is 23.8 Å². The number of hydrogen-bond donors (Lipinski definition) is 1. The summed E-state index contributed by atoms with van der Waals surface area (Å²) in [4.78, 5) is 13.0. The van der Waals surface area contributed by atoms with Crippen molar-refractivity contribution in [2.45, 2.75) is 39.8 Å². The van der Waals surface area contributed by atoms with E-state index in [0.717, 1.165) is 22.9 Å². The molecule has 0 radical (unpaired) electrons. The second-order valence-corrected chi connectivity index (χ2v) is 9.57. The first-order valence-electron chi connectivity index (χ1n) is 9.84. The summed E-state index contributed by atoms with van der Waals surface area (Å²) in [6.07, 6.45) is 1.11. The van der Waals surface area contributed by atoms with Gasteiger partial charge in [-0.3, -0.25) is 9.10 Å². The van der Waals surface area contributed by atoms with Crippen molar-refractivity contribution in [2.24, 2.45) is 0 Å². The number of rotatable bonds is 6. The van der Waals surface area contributed by atoms with Gasteiger partial charge in [0.15, 0.2) is 11.5 Å². The maximum atomic E-state index is 13.0. The van der Waals surface area contributed by atoms with Crippen molar-refractivity contribution in [1.82, 2.24) is 5.32 Å². The Hall–Kier alpha value is -2.74. The number of benzene rings is 2. The number of carbonyl (C=O) groups excluding carboxylic acids is 1. The molecule has 1 amide bonds. The monoisotopic (exact) mass is 432 g/mol. The number of aryl methyl sites for hydroxylation is 2. The van der Waals surface area contributed by atoms with Crippen LogP contribution in [0.15, 0.2) is 36.4 Å². The molecule has 1 aliphatic rings. The predicted molar refractivity (Wildman–Crippen MR) is 117 cm³/mol. The van der Waals surface area contributed by atoms with Gasteiger partial charge in [-0.15, -0.1) is 0 Å². The zero-order valence-corrected chi connectivity index (χ0v) is 18.7. The van der Waals surface area contributed by atoms with Crippen molar-refractivity contribution in [3.8, 4) is 11.5 Å². The van der Waals surface area contributed by atoms with Gasteiger partial charge in [-0.2, -0.15) is 0 Å². The largest absolute Gasteiger partial charge is 0.486 e. The van der Waals surface area contributed by atoms with Gasteiger partial charge in [0.1, 0.15) is 19.3 Å². The molecule has 0 aliphatic carbocycles. The zero-order chi connectivity index (χ0) is 22.1. The van der Waals surface area contributed by atoms with Gasteiger partial charge in [0.2, 0.25) is 15.9 Å². The molecule has 2 aromatic rings. The van der Waals surface area contributed by atoms with Crippen LogP contribution in [0.3, 0.4) is 0 Å². The van der Waals surface area contributed by atoms with Crippen LogP contribution in [0.5, 0.6) is 11.5 Å². The van der Waals surface area contributed by atoms with Gasteiger partial charge in [0.05, 0.1) is 18.0 Å². The van der Waals surface area contributed by atoms with Crippen LogP contribution in [-0.4, -0.2) is 39.8 Å². The number of sulfonamides is 1. The molecule has 8 heteroatoms. The summed E-state index contributed by atoms with van der Waals surface area (Å²) in [5.74, 6) is 0.929. The Kier molecular flexibility index (Phi) is 6.26. The molecule has 0 aromatic heterocycles. The summed E-state index contributed by atoms with van der Waals surface area (Å²) < 4.78 is 37.4. The summed E-state index contributed by atoms with van der Waals surface area (Å²) in [5.41, 5.74) is 3.17. The summed E-state index contributed by atoms with van der Waals surface area (Å²) >= 11 is 0. The Balaban J connectivity index is 1.81. The van der Waals surface area contributed by atoms with Crippen molar-refractivity contribution < 1.29 is 22.7 Å². The lowest BCUT2D eigenvalue weighted by atomic mass is 10.1. The van der Waals surface area contributed by atoms with Crippen molar-refractivity contribution in [3.63, 3.8) is 0 Å². The standard InChI is InChI=1S/C22H28N2O5S/c1-14-10-15(2)12-19(11-14)24(30(5,26)27)17(4)22(25)23-16(3)18-6-7-20-21(13-18)29-9-8-28-20/h6-7,10-13,16-17H,8-9H2,1-5H3,(H,23,25)/t16-,17+/m1/s1. The van der Waals surface area contributed by atoms with E-state index in [2.05, 4.69) is 5.32 Å². The van der Waals surface area contributed by atoms with Gasteiger partial charge in [-0.1, -0.05) is 12.1 Å². The van der Waals surface area contributed by atoms with E-state index >= 15 is 0 Å². The molecule has 2 aromatic carbocycles. The normalized spacial score (nSPS) is 15.2. The minimum Gasteiger partial charge on any atom is -0.486 e. The van der Waals surface area contributed by atoms with Gasteiger partial charge in [0.25, 0.3) is 0 Å². The molecular weight excluding hydrogens is 404 g/mol. The van der Waals surface area contributed by atoms with Crippen LogP contribution in [0, 0.1) is 13.8 Å². The second-order valence-electron chi connectivity index (χ2n) is 7.71. The number of fused-ring (bicyclic) bond motifs is 1. The zero-order valence-electron chi connectivity index (χ0n) is 17.9. The van der Waals surface area contributed by atoms with Crippen molar-refractivity contribution in [1.29, 1.82) is 0 Å². The summed E-state index contributed by atoms with van der Waals surface area (Å²) in [6.45, 7) is 8.21. The Bertz CT molecular complexity index is 1030.